The topological polar surface area (TPSA) is 58.6 Å². The summed E-state index contributed by atoms with van der Waals surface area (Å²) < 4.78 is 5.60. The van der Waals surface area contributed by atoms with Crippen molar-refractivity contribution in [1.82, 2.24) is 5.32 Å². The van der Waals surface area contributed by atoms with Crippen molar-refractivity contribution in [3.8, 4) is 5.75 Å². The second kappa shape index (κ2) is 7.99. The zero-order valence-corrected chi connectivity index (χ0v) is 18.1. The molecule has 5 heteroatoms. The first-order chi connectivity index (χ1) is 14.5. The number of nitrogens with one attached hydrogen (secondary N) is 1. The number of benzene rings is 1. The van der Waals surface area contributed by atoms with E-state index in [0.29, 0.717) is 17.7 Å². The normalized spacial score (nSPS) is 34.8. The second-order valence-corrected chi connectivity index (χ2v) is 10.3. The van der Waals surface area contributed by atoms with E-state index in [1.807, 2.05) is 12.1 Å². The fourth-order valence-electron chi connectivity index (χ4n) is 7.08. The Hall–Kier alpha value is -1.88. The van der Waals surface area contributed by atoms with Crippen molar-refractivity contribution < 1.29 is 14.3 Å². The fourth-order valence-corrected chi connectivity index (χ4v) is 7.08. The van der Waals surface area contributed by atoms with Crippen LogP contribution in [0.1, 0.15) is 64.7 Å². The molecule has 0 aromatic heterocycles. The number of ether oxygens (including phenoxy) is 1. The lowest BCUT2D eigenvalue weighted by Crippen LogP contribution is -2.48. The molecule has 4 aliphatic carbocycles. The van der Waals surface area contributed by atoms with Gasteiger partial charge < -0.3 is 10.1 Å². The molecule has 4 saturated carbocycles. The molecule has 1 atom stereocenters. The van der Waals surface area contributed by atoms with Crippen molar-refractivity contribution in [2.45, 2.75) is 70.8 Å². The summed E-state index contributed by atoms with van der Waals surface area (Å²) in [5.74, 6) is 3.38. The number of amides is 2. The number of hydrogen-bond donors (Lipinski definition) is 1. The standard InChI is InChI=1S/C25H34N2O3/c1-2-9-30-21-5-3-20(4-6-21)27-23(28)13-22(24(27)29)26-8-7-25-14-17-10-18(15-25)12-19(11-17)16-25/h3-6,17-19,22,26H,2,7-16H2,1H3/t17?,18?,19?,22-,25?/m0/s1. The van der Waals surface area contributed by atoms with E-state index in [-0.39, 0.29) is 24.3 Å². The summed E-state index contributed by atoms with van der Waals surface area (Å²) in [5.41, 5.74) is 1.14. The summed E-state index contributed by atoms with van der Waals surface area (Å²) in [6.45, 7) is 3.57. The van der Waals surface area contributed by atoms with Gasteiger partial charge in [-0.1, -0.05) is 6.92 Å². The molecule has 6 rings (SSSR count). The first kappa shape index (κ1) is 20.0. The van der Waals surface area contributed by atoms with E-state index in [1.54, 1.807) is 12.1 Å². The maximum Gasteiger partial charge on any atom is 0.251 e. The molecule has 5 nitrogen and oxygen atoms in total. The first-order valence-corrected chi connectivity index (χ1v) is 11.9. The van der Waals surface area contributed by atoms with Gasteiger partial charge >= 0.3 is 0 Å². The van der Waals surface area contributed by atoms with E-state index in [1.165, 1.54) is 43.4 Å². The van der Waals surface area contributed by atoms with Gasteiger partial charge in [0.1, 0.15) is 5.75 Å². The summed E-state index contributed by atoms with van der Waals surface area (Å²) in [6, 6.07) is 6.89. The van der Waals surface area contributed by atoms with E-state index < -0.39 is 0 Å². The van der Waals surface area contributed by atoms with Gasteiger partial charge in [0.05, 0.1) is 24.8 Å². The third kappa shape index (κ3) is 3.77. The van der Waals surface area contributed by atoms with Gasteiger partial charge in [-0.3, -0.25) is 9.59 Å². The molecule has 162 valence electrons. The minimum atomic E-state index is -0.387. The molecule has 0 radical (unpaired) electrons. The van der Waals surface area contributed by atoms with E-state index in [2.05, 4.69) is 12.2 Å². The smallest absolute Gasteiger partial charge is 0.251 e. The number of anilines is 1. The number of carbonyl (C=O) groups is 2. The van der Waals surface area contributed by atoms with Gasteiger partial charge in [-0.2, -0.15) is 0 Å². The Kier molecular flexibility index (Phi) is 5.34. The summed E-state index contributed by atoms with van der Waals surface area (Å²) in [7, 11) is 0. The van der Waals surface area contributed by atoms with Crippen LogP contribution in [0, 0.1) is 23.2 Å². The molecule has 1 saturated heterocycles. The van der Waals surface area contributed by atoms with Gasteiger partial charge in [-0.15, -0.1) is 0 Å². The minimum absolute atomic E-state index is 0.116. The van der Waals surface area contributed by atoms with Crippen molar-refractivity contribution in [1.29, 1.82) is 0 Å². The van der Waals surface area contributed by atoms with Gasteiger partial charge in [-0.05, 0) is 105 Å². The molecule has 5 aliphatic rings. The molecule has 2 amide bonds. The highest BCUT2D eigenvalue weighted by Crippen LogP contribution is 2.61. The zero-order chi connectivity index (χ0) is 20.7. The second-order valence-electron chi connectivity index (χ2n) is 10.3. The van der Waals surface area contributed by atoms with Crippen molar-refractivity contribution >= 4 is 17.5 Å². The van der Waals surface area contributed by atoms with E-state index in [4.69, 9.17) is 4.74 Å². The first-order valence-electron chi connectivity index (χ1n) is 11.9. The average Bonchev–Trinajstić information content (AvgIpc) is 2.99. The highest BCUT2D eigenvalue weighted by molar-refractivity contribution is 6.22. The van der Waals surface area contributed by atoms with Crippen molar-refractivity contribution in [2.24, 2.45) is 23.2 Å². The van der Waals surface area contributed by atoms with Crippen LogP contribution in [-0.2, 0) is 9.59 Å². The van der Waals surface area contributed by atoms with Crippen LogP contribution in [0.4, 0.5) is 5.69 Å². The summed E-state index contributed by atoms with van der Waals surface area (Å²) in [5, 5.41) is 3.44. The molecule has 30 heavy (non-hydrogen) atoms. The monoisotopic (exact) mass is 410 g/mol. The highest BCUT2D eigenvalue weighted by atomic mass is 16.5. The lowest BCUT2D eigenvalue weighted by molar-refractivity contribution is -0.121. The summed E-state index contributed by atoms with van der Waals surface area (Å²) in [4.78, 5) is 26.8. The summed E-state index contributed by atoms with van der Waals surface area (Å²) >= 11 is 0. The van der Waals surface area contributed by atoms with Crippen LogP contribution in [0.25, 0.3) is 0 Å². The van der Waals surface area contributed by atoms with Crippen LogP contribution in [0.3, 0.4) is 0 Å². The fraction of sp³-hybridized carbons (Fsp3) is 0.680. The SMILES string of the molecule is CCCOc1ccc(N2C(=O)C[C@H](NCCC34CC5CC(CC(C5)C3)C4)C2=O)cc1. The average molecular weight is 411 g/mol. The molecule has 0 unspecified atom stereocenters. The Morgan fingerprint density at radius 1 is 1.03 bits per heavy atom. The van der Waals surface area contributed by atoms with Crippen LogP contribution in [0.2, 0.25) is 0 Å². The molecule has 1 aromatic carbocycles. The van der Waals surface area contributed by atoms with Gasteiger partial charge in [-0.25, -0.2) is 4.90 Å². The third-order valence-corrected chi connectivity index (χ3v) is 7.93. The van der Waals surface area contributed by atoms with E-state index in [0.717, 1.165) is 42.9 Å². The Balaban J connectivity index is 1.17. The maximum atomic E-state index is 12.9. The van der Waals surface area contributed by atoms with Crippen LogP contribution >= 0.6 is 0 Å². The van der Waals surface area contributed by atoms with Gasteiger partial charge in [0.15, 0.2) is 0 Å². The third-order valence-electron chi connectivity index (χ3n) is 7.93. The maximum absolute atomic E-state index is 12.9. The van der Waals surface area contributed by atoms with Gasteiger partial charge in [0.25, 0.3) is 5.91 Å². The Bertz CT molecular complexity index is 768. The van der Waals surface area contributed by atoms with Crippen LogP contribution < -0.4 is 15.0 Å². The van der Waals surface area contributed by atoms with Crippen LogP contribution in [0.15, 0.2) is 24.3 Å². The predicted molar refractivity (Wildman–Crippen MR) is 116 cm³/mol. The number of hydrogen-bond acceptors (Lipinski definition) is 4. The largest absolute Gasteiger partial charge is 0.494 e. The molecule has 1 heterocycles. The molecule has 4 bridgehead atoms. The number of nitrogens with zero attached hydrogens (tertiary/aromatic N) is 1. The summed E-state index contributed by atoms with van der Waals surface area (Å²) in [6.07, 6.45) is 10.9. The minimum Gasteiger partial charge on any atom is -0.494 e. The number of imide groups is 1. The Morgan fingerprint density at radius 3 is 2.27 bits per heavy atom. The van der Waals surface area contributed by atoms with Crippen molar-refractivity contribution in [3.05, 3.63) is 24.3 Å². The molecule has 1 aliphatic heterocycles. The molecule has 1 aromatic rings. The number of carbonyl (C=O) groups excluding carboxylic acids is 2. The molecule has 1 N–H and O–H groups in total. The zero-order valence-electron chi connectivity index (χ0n) is 18.1. The lowest BCUT2D eigenvalue weighted by Gasteiger charge is -2.57. The van der Waals surface area contributed by atoms with Crippen LogP contribution in [0.5, 0.6) is 5.75 Å². The van der Waals surface area contributed by atoms with Gasteiger partial charge in [0, 0.05) is 0 Å². The van der Waals surface area contributed by atoms with E-state index >= 15 is 0 Å². The highest BCUT2D eigenvalue weighted by Gasteiger charge is 2.50. The molecule has 0 spiro atoms. The molecule has 5 fully saturated rings. The quantitative estimate of drug-likeness (QED) is 0.649. The predicted octanol–water partition coefficient (Wildman–Crippen LogP) is 4.30. The van der Waals surface area contributed by atoms with Crippen LogP contribution in [-0.4, -0.2) is 31.0 Å². The Labute approximate surface area is 179 Å². The molecular weight excluding hydrogens is 376 g/mol. The van der Waals surface area contributed by atoms with Crippen molar-refractivity contribution in [2.75, 3.05) is 18.1 Å². The lowest BCUT2D eigenvalue weighted by atomic mass is 9.49. The molecular formula is C25H34N2O3. The van der Waals surface area contributed by atoms with E-state index in [9.17, 15) is 9.59 Å². The van der Waals surface area contributed by atoms with Crippen molar-refractivity contribution in [3.63, 3.8) is 0 Å². The number of rotatable bonds is 8. The van der Waals surface area contributed by atoms with Gasteiger partial charge in [0.2, 0.25) is 5.91 Å². The Morgan fingerprint density at radius 2 is 1.67 bits per heavy atom.